The molecular formula is C12H16N2O3. The van der Waals surface area contributed by atoms with Gasteiger partial charge in [0, 0.05) is 25.7 Å². The van der Waals surface area contributed by atoms with Crippen molar-refractivity contribution < 1.29 is 9.21 Å². The molecule has 1 fully saturated rings. The predicted molar refractivity (Wildman–Crippen MR) is 63.0 cm³/mol. The lowest BCUT2D eigenvalue weighted by molar-refractivity contribution is 0.0613. The third-order valence-corrected chi connectivity index (χ3v) is 2.87. The van der Waals surface area contributed by atoms with Crippen LogP contribution >= 0.6 is 0 Å². The van der Waals surface area contributed by atoms with Crippen molar-refractivity contribution in [1.29, 1.82) is 0 Å². The van der Waals surface area contributed by atoms with Gasteiger partial charge in [0.15, 0.2) is 0 Å². The van der Waals surface area contributed by atoms with Gasteiger partial charge in [0.1, 0.15) is 6.26 Å². The maximum absolute atomic E-state index is 12.2. The zero-order valence-corrected chi connectivity index (χ0v) is 9.81. The van der Waals surface area contributed by atoms with Crippen LogP contribution in [0.25, 0.3) is 0 Å². The Labute approximate surface area is 99.4 Å². The van der Waals surface area contributed by atoms with Gasteiger partial charge in [-0.2, -0.15) is 0 Å². The standard InChI is InChI=1S/C12H16N2O3/c1-2-5-14(10-6-13-7-10)12(16)9-3-4-11(15)17-8-9/h3-4,8,10,13H,2,5-7H2,1H3. The minimum Gasteiger partial charge on any atom is -0.430 e. The summed E-state index contributed by atoms with van der Waals surface area (Å²) in [4.78, 5) is 24.9. The number of nitrogens with one attached hydrogen (secondary N) is 1. The lowest BCUT2D eigenvalue weighted by Crippen LogP contribution is -2.59. The van der Waals surface area contributed by atoms with E-state index in [1.165, 1.54) is 18.4 Å². The molecule has 5 nitrogen and oxygen atoms in total. The summed E-state index contributed by atoms with van der Waals surface area (Å²) in [5.41, 5.74) is -0.00106. The molecule has 2 heterocycles. The first-order valence-corrected chi connectivity index (χ1v) is 5.83. The van der Waals surface area contributed by atoms with Crippen LogP contribution < -0.4 is 10.9 Å². The van der Waals surface area contributed by atoms with Gasteiger partial charge >= 0.3 is 5.63 Å². The highest BCUT2D eigenvalue weighted by Crippen LogP contribution is 2.11. The summed E-state index contributed by atoms with van der Waals surface area (Å²) in [6.45, 7) is 4.44. The second kappa shape index (κ2) is 5.14. The molecule has 1 aliphatic heterocycles. The van der Waals surface area contributed by atoms with Crippen LogP contribution in [0, 0.1) is 0 Å². The average molecular weight is 236 g/mol. The van der Waals surface area contributed by atoms with Crippen molar-refractivity contribution in [1.82, 2.24) is 10.2 Å². The molecule has 0 radical (unpaired) electrons. The SMILES string of the molecule is CCCN(C(=O)c1ccc(=O)oc1)C1CNC1. The Bertz CT molecular complexity index is 431. The van der Waals surface area contributed by atoms with Gasteiger partial charge in [-0.05, 0) is 12.5 Å². The summed E-state index contributed by atoms with van der Waals surface area (Å²) in [6, 6.07) is 3.05. The van der Waals surface area contributed by atoms with Gasteiger partial charge in [-0.25, -0.2) is 4.79 Å². The Morgan fingerprint density at radius 3 is 2.76 bits per heavy atom. The Hall–Kier alpha value is -1.62. The minimum atomic E-state index is -0.436. The van der Waals surface area contributed by atoms with Gasteiger partial charge in [0.05, 0.1) is 11.6 Å². The number of rotatable bonds is 4. The molecule has 1 aliphatic rings. The molecule has 1 N–H and O–H groups in total. The topological polar surface area (TPSA) is 62.6 Å². The molecule has 1 aromatic rings. The largest absolute Gasteiger partial charge is 0.430 e. The molecule has 1 saturated heterocycles. The zero-order chi connectivity index (χ0) is 12.3. The maximum atomic E-state index is 12.2. The third kappa shape index (κ3) is 2.55. The highest BCUT2D eigenvalue weighted by molar-refractivity contribution is 5.94. The predicted octanol–water partition coefficient (Wildman–Crippen LogP) is 0.464. The van der Waals surface area contributed by atoms with E-state index < -0.39 is 5.63 Å². The molecule has 17 heavy (non-hydrogen) atoms. The Kier molecular flexibility index (Phi) is 3.58. The quantitative estimate of drug-likeness (QED) is 0.825. The molecule has 0 atom stereocenters. The molecule has 92 valence electrons. The van der Waals surface area contributed by atoms with E-state index in [0.717, 1.165) is 26.1 Å². The number of hydrogen-bond acceptors (Lipinski definition) is 4. The Morgan fingerprint density at radius 2 is 2.29 bits per heavy atom. The van der Waals surface area contributed by atoms with Crippen LogP contribution in [0.3, 0.4) is 0 Å². The van der Waals surface area contributed by atoms with Crippen molar-refractivity contribution in [3.63, 3.8) is 0 Å². The van der Waals surface area contributed by atoms with Crippen LogP contribution in [0.15, 0.2) is 27.6 Å². The van der Waals surface area contributed by atoms with Gasteiger partial charge in [-0.3, -0.25) is 4.79 Å². The van der Waals surface area contributed by atoms with Crippen LogP contribution in [0.5, 0.6) is 0 Å². The Morgan fingerprint density at radius 1 is 1.53 bits per heavy atom. The molecule has 1 aromatic heterocycles. The lowest BCUT2D eigenvalue weighted by atomic mass is 10.1. The summed E-state index contributed by atoms with van der Waals surface area (Å²) >= 11 is 0. The van der Waals surface area contributed by atoms with Crippen LogP contribution in [-0.2, 0) is 0 Å². The molecule has 0 bridgehead atoms. The summed E-state index contributed by atoms with van der Waals surface area (Å²) < 4.78 is 4.72. The van der Waals surface area contributed by atoms with Crippen LogP contribution in [0.1, 0.15) is 23.7 Å². The highest BCUT2D eigenvalue weighted by atomic mass is 16.4. The van der Waals surface area contributed by atoms with Gasteiger partial charge in [0.25, 0.3) is 5.91 Å². The average Bonchev–Trinajstić information content (AvgIpc) is 2.26. The smallest absolute Gasteiger partial charge is 0.335 e. The molecule has 0 spiro atoms. The monoisotopic (exact) mass is 236 g/mol. The number of nitrogens with zero attached hydrogens (tertiary/aromatic N) is 1. The lowest BCUT2D eigenvalue weighted by Gasteiger charge is -2.38. The summed E-state index contributed by atoms with van der Waals surface area (Å²) in [5, 5.41) is 3.15. The first-order chi connectivity index (χ1) is 8.22. The summed E-state index contributed by atoms with van der Waals surface area (Å²) in [5.74, 6) is -0.0675. The van der Waals surface area contributed by atoms with Crippen molar-refractivity contribution in [3.8, 4) is 0 Å². The van der Waals surface area contributed by atoms with Crippen molar-refractivity contribution in [3.05, 3.63) is 34.4 Å². The fourth-order valence-corrected chi connectivity index (χ4v) is 1.83. The number of hydrogen-bond donors (Lipinski definition) is 1. The normalized spacial score (nSPS) is 15.4. The molecule has 1 amide bonds. The van der Waals surface area contributed by atoms with E-state index >= 15 is 0 Å². The number of carbonyl (C=O) groups is 1. The second-order valence-corrected chi connectivity index (χ2v) is 4.15. The molecule has 0 saturated carbocycles. The van der Waals surface area contributed by atoms with E-state index in [1.54, 1.807) is 0 Å². The number of amides is 1. The molecular weight excluding hydrogens is 220 g/mol. The van der Waals surface area contributed by atoms with Gasteiger partial charge in [-0.15, -0.1) is 0 Å². The van der Waals surface area contributed by atoms with E-state index in [0.29, 0.717) is 5.56 Å². The molecule has 0 aliphatic carbocycles. The van der Waals surface area contributed by atoms with Crippen molar-refractivity contribution in [2.45, 2.75) is 19.4 Å². The van der Waals surface area contributed by atoms with Crippen LogP contribution in [-0.4, -0.2) is 36.5 Å². The summed E-state index contributed by atoms with van der Waals surface area (Å²) in [7, 11) is 0. The van der Waals surface area contributed by atoms with Crippen molar-refractivity contribution in [2.24, 2.45) is 0 Å². The second-order valence-electron chi connectivity index (χ2n) is 4.15. The summed E-state index contributed by atoms with van der Waals surface area (Å²) in [6.07, 6.45) is 2.15. The van der Waals surface area contributed by atoms with Crippen molar-refractivity contribution in [2.75, 3.05) is 19.6 Å². The minimum absolute atomic E-state index is 0.0675. The zero-order valence-electron chi connectivity index (χ0n) is 9.81. The van der Waals surface area contributed by atoms with E-state index in [1.807, 2.05) is 11.8 Å². The maximum Gasteiger partial charge on any atom is 0.335 e. The van der Waals surface area contributed by atoms with Crippen molar-refractivity contribution >= 4 is 5.91 Å². The van der Waals surface area contributed by atoms with E-state index in [4.69, 9.17) is 4.42 Å². The number of carbonyl (C=O) groups excluding carboxylic acids is 1. The first-order valence-electron chi connectivity index (χ1n) is 5.83. The highest BCUT2D eigenvalue weighted by Gasteiger charge is 2.28. The molecule has 5 heteroatoms. The van der Waals surface area contributed by atoms with E-state index in [9.17, 15) is 9.59 Å². The van der Waals surface area contributed by atoms with Gasteiger partial charge in [-0.1, -0.05) is 6.92 Å². The van der Waals surface area contributed by atoms with Gasteiger partial charge in [0.2, 0.25) is 0 Å². The van der Waals surface area contributed by atoms with Gasteiger partial charge < -0.3 is 14.6 Å². The third-order valence-electron chi connectivity index (χ3n) is 2.87. The molecule has 2 rings (SSSR count). The fraction of sp³-hybridized carbons (Fsp3) is 0.500. The van der Waals surface area contributed by atoms with Crippen LogP contribution in [0.4, 0.5) is 0 Å². The first kappa shape index (κ1) is 11.9. The van der Waals surface area contributed by atoms with Crippen LogP contribution in [0.2, 0.25) is 0 Å². The molecule has 0 unspecified atom stereocenters. The molecule has 0 aromatic carbocycles. The fourth-order valence-electron chi connectivity index (χ4n) is 1.83. The Balaban J connectivity index is 2.14. The van der Waals surface area contributed by atoms with E-state index in [-0.39, 0.29) is 11.9 Å². The van der Waals surface area contributed by atoms with E-state index in [2.05, 4.69) is 5.32 Å².